The van der Waals surface area contributed by atoms with Gasteiger partial charge in [0.25, 0.3) is 0 Å². The fourth-order valence-corrected chi connectivity index (χ4v) is 21.7. The van der Waals surface area contributed by atoms with Gasteiger partial charge in [0.05, 0.1) is 60.8 Å². The zero-order chi connectivity index (χ0) is 99.7. The van der Waals surface area contributed by atoms with E-state index in [1.54, 1.807) is 11.3 Å². The molecule has 0 fully saturated rings. The van der Waals surface area contributed by atoms with Gasteiger partial charge in [0.1, 0.15) is 16.8 Å². The van der Waals surface area contributed by atoms with E-state index in [1.165, 1.54) is 42.9 Å². The number of hydrogen-bond acceptors (Lipinski definition) is 14. The molecule has 0 saturated heterocycles. The standard InChI is InChI=1S/C24H15ClN2.C22H13ClN2S.2C22H13ClN2.C20H11ClN2O.C18H11ClN2/c25-24-26-21-15-14-18-8-4-5-9-20(18)22(21)23(27-24)19-12-10-17(11-13-19)16-6-2-1-3-7-16;23-22-24-19(21-20(25-22)17-11-4-5-12-18(17)26-21)16-10-6-9-15(13-16)14-7-2-1-3-8-14;23-22-24-20(17-10-9-14-5-1-2-7-16(14)13-17)19-12-11-15-6-3-4-8-18(15)21(19)25-22;23-22-24-20(14-8-2-1-3-9-14)19-17-12-6-4-10-15(17)16-11-5-7-13-18(16)21(19)25-22;21-20-22-17(14-10-5-7-12-6-1-2-8-13(12)14)19-18(23-20)15-9-3-4-11-16(15)24-19;19-18-20-16(13-7-2-1-3-8-13)15-11-10-12-6-4-5-9-14(12)17(15)21-18/h1-15H;1-13H;2*1-13H;1-11H;1-11H. The minimum absolute atomic E-state index is 0.219. The Labute approximate surface area is 881 Å². The van der Waals surface area contributed by atoms with Gasteiger partial charge in [0.15, 0.2) is 5.58 Å². The molecule has 8 heterocycles. The van der Waals surface area contributed by atoms with E-state index in [1.807, 2.05) is 206 Å². The molecule has 0 bridgehead atoms. The van der Waals surface area contributed by atoms with Crippen LogP contribution in [0, 0.1) is 0 Å². The van der Waals surface area contributed by atoms with Crippen molar-refractivity contribution in [2.75, 3.05) is 0 Å². The van der Waals surface area contributed by atoms with Crippen molar-refractivity contribution in [1.82, 2.24) is 59.8 Å². The van der Waals surface area contributed by atoms with Gasteiger partial charge in [-0.3, -0.25) is 0 Å². The van der Waals surface area contributed by atoms with Crippen LogP contribution in [0.15, 0.2) is 465 Å². The van der Waals surface area contributed by atoms with Gasteiger partial charge in [-0.15, -0.1) is 11.3 Å². The van der Waals surface area contributed by atoms with Crippen molar-refractivity contribution in [2.45, 2.75) is 0 Å². The summed E-state index contributed by atoms with van der Waals surface area (Å²) in [6.07, 6.45) is 0. The Morgan fingerprint density at radius 3 is 1.16 bits per heavy atom. The van der Waals surface area contributed by atoms with Gasteiger partial charge in [-0.2, -0.15) is 0 Å². The maximum absolute atomic E-state index is 6.30. The highest BCUT2D eigenvalue weighted by Gasteiger charge is 2.24. The molecule has 0 aliphatic rings. The van der Waals surface area contributed by atoms with Gasteiger partial charge in [-0.05, 0) is 200 Å². The lowest BCUT2D eigenvalue weighted by molar-refractivity contribution is 0.667. The summed E-state index contributed by atoms with van der Waals surface area (Å²) in [6.45, 7) is 0. The molecule has 0 spiro atoms. The average molecular weight is 2040 g/mol. The fraction of sp³-hybridized carbons (Fsp3) is 0. The second-order valence-corrected chi connectivity index (χ2v) is 38.3. The Bertz CT molecular complexity index is 10200. The zero-order valence-corrected chi connectivity index (χ0v) is 83.7. The number of thiophene rings is 1. The van der Waals surface area contributed by atoms with Crippen molar-refractivity contribution in [2.24, 2.45) is 0 Å². The first-order valence-corrected chi connectivity index (χ1v) is 50.8. The largest absolute Gasteiger partial charge is 0.452 e. The van der Waals surface area contributed by atoms with E-state index in [0.29, 0.717) is 5.58 Å². The number of benzene rings is 21. The number of rotatable bonds is 8. The summed E-state index contributed by atoms with van der Waals surface area (Å²) in [5.41, 5.74) is 22.6. The minimum atomic E-state index is 0.219. The van der Waals surface area contributed by atoms with E-state index in [4.69, 9.17) is 74.0 Å². The molecule has 0 radical (unpaired) electrons. The molecule has 0 aliphatic carbocycles. The van der Waals surface area contributed by atoms with Crippen LogP contribution in [0.3, 0.4) is 0 Å². The number of hydrogen-bond donors (Lipinski definition) is 0. The van der Waals surface area contributed by atoms with E-state index in [0.717, 1.165) is 203 Å². The summed E-state index contributed by atoms with van der Waals surface area (Å²) in [4.78, 5) is 54.0. The van der Waals surface area contributed by atoms with Gasteiger partial charge in [-0.25, -0.2) is 59.8 Å². The van der Waals surface area contributed by atoms with Crippen molar-refractivity contribution in [3.63, 3.8) is 0 Å². The summed E-state index contributed by atoms with van der Waals surface area (Å²) in [6, 6.07) is 157. The predicted octanol–water partition coefficient (Wildman–Crippen LogP) is 37.1. The second-order valence-electron chi connectivity index (χ2n) is 35.2. The van der Waals surface area contributed by atoms with Gasteiger partial charge in [0.2, 0.25) is 31.7 Å². The zero-order valence-electron chi connectivity index (χ0n) is 78.3. The molecule has 0 atom stereocenters. The number of nitrogens with zero attached hydrogens (tertiary/aromatic N) is 12. The lowest BCUT2D eigenvalue weighted by Crippen LogP contribution is -1.94. The molecule has 29 rings (SSSR count). The number of aromatic nitrogens is 12. The highest BCUT2D eigenvalue weighted by molar-refractivity contribution is 7.26. The first kappa shape index (κ1) is 93.1. The smallest absolute Gasteiger partial charge is 0.223 e. The van der Waals surface area contributed by atoms with Crippen molar-refractivity contribution in [3.05, 3.63) is 493 Å². The normalized spacial score (nSPS) is 11.3. The molecule has 8 aromatic heterocycles. The molecule has 20 heteroatoms. The van der Waals surface area contributed by atoms with Gasteiger partial charge < -0.3 is 4.42 Å². The van der Waals surface area contributed by atoms with Crippen molar-refractivity contribution >= 4 is 242 Å². The molecule has 0 saturated carbocycles. The quantitative estimate of drug-likeness (QED) is 0.104. The fourth-order valence-electron chi connectivity index (χ4n) is 19.5. The van der Waals surface area contributed by atoms with Crippen molar-refractivity contribution < 1.29 is 4.42 Å². The molecule has 0 unspecified atom stereocenters. The molecule has 148 heavy (non-hydrogen) atoms. The highest BCUT2D eigenvalue weighted by atomic mass is 35.5. The van der Waals surface area contributed by atoms with Gasteiger partial charge >= 0.3 is 0 Å². The molecule has 702 valence electrons. The van der Waals surface area contributed by atoms with E-state index in [9.17, 15) is 0 Å². The summed E-state index contributed by atoms with van der Waals surface area (Å²) >= 11 is 39.2. The van der Waals surface area contributed by atoms with Crippen LogP contribution in [-0.4, -0.2) is 59.8 Å². The predicted molar refractivity (Wildman–Crippen MR) is 618 cm³/mol. The third kappa shape index (κ3) is 18.6. The molecular weight excluding hydrogens is 1970 g/mol. The van der Waals surface area contributed by atoms with E-state index in [2.05, 4.69) is 315 Å². The molecule has 0 amide bonds. The van der Waals surface area contributed by atoms with E-state index >= 15 is 0 Å². The van der Waals surface area contributed by atoms with Crippen LogP contribution >= 0.6 is 80.9 Å². The first-order valence-electron chi connectivity index (χ1n) is 47.8. The van der Waals surface area contributed by atoms with Gasteiger partial charge in [-0.1, -0.05) is 413 Å². The summed E-state index contributed by atoms with van der Waals surface area (Å²) in [5.74, 6) is 0. The van der Waals surface area contributed by atoms with Crippen LogP contribution < -0.4 is 0 Å². The molecule has 0 N–H and O–H groups in total. The Balaban J connectivity index is 0.0000000950. The first-order chi connectivity index (χ1) is 72.8. The maximum Gasteiger partial charge on any atom is 0.223 e. The third-order valence-electron chi connectivity index (χ3n) is 26.3. The Hall–Kier alpha value is -17.3. The lowest BCUT2D eigenvalue weighted by Gasteiger charge is -2.13. The monoisotopic (exact) mass is 2040 g/mol. The van der Waals surface area contributed by atoms with E-state index < -0.39 is 0 Å². The van der Waals surface area contributed by atoms with Crippen molar-refractivity contribution in [3.8, 4) is 89.8 Å². The number of halogens is 6. The highest BCUT2D eigenvalue weighted by Crippen LogP contribution is 2.46. The molecule has 0 aliphatic heterocycles. The van der Waals surface area contributed by atoms with Crippen LogP contribution in [0.1, 0.15) is 0 Å². The van der Waals surface area contributed by atoms with Crippen LogP contribution in [0.5, 0.6) is 0 Å². The topological polar surface area (TPSA) is 168 Å². The average Bonchev–Trinajstić information content (AvgIpc) is 0.981. The summed E-state index contributed by atoms with van der Waals surface area (Å²) < 4.78 is 8.32. The van der Waals surface area contributed by atoms with Crippen LogP contribution in [-0.2, 0) is 0 Å². The molecule has 29 aromatic rings. The second kappa shape index (κ2) is 41.1. The molecule has 21 aromatic carbocycles. The Morgan fingerprint density at radius 2 is 0.534 bits per heavy atom. The van der Waals surface area contributed by atoms with Crippen LogP contribution in [0.4, 0.5) is 0 Å². The number of furan rings is 1. The summed E-state index contributed by atoms with van der Waals surface area (Å²) in [5, 5.41) is 23.8. The Kier molecular flexibility index (Phi) is 25.8. The SMILES string of the molecule is Clc1nc(-c2ccc(-c3ccccc3)cc2)c2c(ccc3ccccc32)n1.Clc1nc(-c2ccc3ccccc3c2)c2ccc3ccccc3c2n1.Clc1nc(-c2cccc(-c3ccccc3)c2)c2sc3ccccc3c2n1.Clc1nc(-c2cccc3ccccc23)c2oc3ccccc3c2n1.Clc1nc(-c2ccccc2)c2c3ccccc3c3ccccc3c2n1.Clc1nc(-c2ccccc2)c2ccc3ccccc3c2n1. The van der Waals surface area contributed by atoms with Crippen LogP contribution in [0.25, 0.3) is 251 Å². The van der Waals surface area contributed by atoms with Crippen LogP contribution in [0.2, 0.25) is 31.7 Å². The van der Waals surface area contributed by atoms with E-state index in [-0.39, 0.29) is 31.7 Å². The summed E-state index contributed by atoms with van der Waals surface area (Å²) in [7, 11) is 0. The minimum Gasteiger partial charge on any atom is -0.452 e. The third-order valence-corrected chi connectivity index (χ3v) is 28.5. The van der Waals surface area contributed by atoms with Crippen molar-refractivity contribution in [1.29, 1.82) is 0 Å². The maximum atomic E-state index is 6.30. The Morgan fingerprint density at radius 1 is 0.176 bits per heavy atom. The lowest BCUT2D eigenvalue weighted by atomic mass is 9.94. The number of para-hydroxylation sites is 1. The van der Waals surface area contributed by atoms with Gasteiger partial charge in [0, 0.05) is 86.6 Å². The number of fused-ring (bicyclic) bond motifs is 23. The molecule has 13 nitrogen and oxygen atoms in total. The molecular formula is C128H76Cl6N12OS.